The number of nitrogens with zero attached hydrogens (tertiary/aromatic N) is 3. The Balaban J connectivity index is 1.54. The number of rotatable bonds is 5. The van der Waals surface area contributed by atoms with Gasteiger partial charge in [-0.05, 0) is 55.5 Å². The van der Waals surface area contributed by atoms with Crippen molar-refractivity contribution in [1.82, 2.24) is 15.1 Å². The molecule has 1 aliphatic carbocycles. The van der Waals surface area contributed by atoms with Crippen molar-refractivity contribution in [3.05, 3.63) is 60.0 Å². The number of aromatic nitrogens is 2. The summed E-state index contributed by atoms with van der Waals surface area (Å²) in [6.07, 6.45) is 8.21. The van der Waals surface area contributed by atoms with Gasteiger partial charge >= 0.3 is 0 Å². The first kappa shape index (κ1) is 23.4. The molecule has 1 atom stereocenters. The van der Waals surface area contributed by atoms with Crippen molar-refractivity contribution in [3.63, 3.8) is 0 Å². The summed E-state index contributed by atoms with van der Waals surface area (Å²) in [7, 11) is 0. The molecular weight excluding hydrogens is 440 g/mol. The van der Waals surface area contributed by atoms with E-state index < -0.39 is 5.54 Å². The van der Waals surface area contributed by atoms with Gasteiger partial charge in [0.2, 0.25) is 5.91 Å². The highest BCUT2D eigenvalue weighted by molar-refractivity contribution is 6.12. The quantitative estimate of drug-likeness (QED) is 0.494. The van der Waals surface area contributed by atoms with Gasteiger partial charge in [0, 0.05) is 17.8 Å². The van der Waals surface area contributed by atoms with Crippen LogP contribution in [0, 0.1) is 0 Å². The maximum absolute atomic E-state index is 13.9. The molecule has 1 aliphatic heterocycles. The molecule has 1 saturated carbocycles. The van der Waals surface area contributed by atoms with E-state index in [0.717, 1.165) is 25.7 Å². The van der Waals surface area contributed by atoms with Crippen LogP contribution in [0.3, 0.4) is 0 Å². The van der Waals surface area contributed by atoms with Crippen molar-refractivity contribution in [2.24, 2.45) is 0 Å². The van der Waals surface area contributed by atoms with E-state index >= 15 is 0 Å². The van der Waals surface area contributed by atoms with Crippen molar-refractivity contribution in [2.75, 3.05) is 4.90 Å². The van der Waals surface area contributed by atoms with E-state index in [0.29, 0.717) is 28.8 Å². The molecule has 0 spiro atoms. The van der Waals surface area contributed by atoms with E-state index in [9.17, 15) is 9.59 Å². The Hall–Kier alpha value is -3.35. The van der Waals surface area contributed by atoms with Crippen LogP contribution in [-0.2, 0) is 11.3 Å². The van der Waals surface area contributed by atoms with Crippen LogP contribution in [0.2, 0.25) is 0 Å². The largest absolute Gasteiger partial charge is 0.463 e. The van der Waals surface area contributed by atoms with E-state index in [-0.39, 0.29) is 24.4 Å². The zero-order valence-corrected chi connectivity index (χ0v) is 20.8. The lowest BCUT2D eigenvalue weighted by Gasteiger charge is -2.43. The number of furan rings is 1. The summed E-state index contributed by atoms with van der Waals surface area (Å²) in [5, 5.41) is 7.94. The van der Waals surface area contributed by atoms with Crippen LogP contribution in [0.25, 0.3) is 11.5 Å². The molecule has 0 bridgehead atoms. The Labute approximate surface area is 206 Å². The Kier molecular flexibility index (Phi) is 6.26. The third-order valence-electron chi connectivity index (χ3n) is 7.42. The Bertz CT molecular complexity index is 1190. The summed E-state index contributed by atoms with van der Waals surface area (Å²) in [5.41, 5.74) is 1.81. The molecule has 1 aromatic carbocycles. The Morgan fingerprint density at radius 1 is 1.11 bits per heavy atom. The van der Waals surface area contributed by atoms with Crippen molar-refractivity contribution >= 4 is 17.5 Å². The van der Waals surface area contributed by atoms with Crippen LogP contribution in [0.15, 0.2) is 53.1 Å². The van der Waals surface area contributed by atoms with E-state index in [1.165, 1.54) is 18.4 Å². The molecule has 2 aromatic heterocycles. The fourth-order valence-corrected chi connectivity index (χ4v) is 5.30. The normalized spacial score (nSPS) is 21.1. The second kappa shape index (κ2) is 9.36. The molecule has 184 valence electrons. The summed E-state index contributed by atoms with van der Waals surface area (Å²) in [5.74, 6) is 0.601. The number of benzene rings is 1. The highest BCUT2D eigenvalue weighted by Gasteiger charge is 2.49. The lowest BCUT2D eigenvalue weighted by Crippen LogP contribution is -2.65. The summed E-state index contributed by atoms with van der Waals surface area (Å²) in [4.78, 5) is 29.5. The average Bonchev–Trinajstić information content (AvgIpc) is 3.45. The molecule has 7 nitrogen and oxygen atoms in total. The maximum atomic E-state index is 13.9. The van der Waals surface area contributed by atoms with Crippen molar-refractivity contribution < 1.29 is 14.0 Å². The van der Waals surface area contributed by atoms with E-state index in [2.05, 4.69) is 24.3 Å². The number of anilines is 1. The van der Waals surface area contributed by atoms with E-state index in [1.54, 1.807) is 28.0 Å². The van der Waals surface area contributed by atoms with E-state index in [4.69, 9.17) is 4.42 Å². The average molecular weight is 475 g/mol. The number of fused-ring (bicyclic) bond motifs is 1. The third-order valence-corrected chi connectivity index (χ3v) is 7.42. The second-order valence-electron chi connectivity index (χ2n) is 10.4. The van der Waals surface area contributed by atoms with Gasteiger partial charge in [0.1, 0.15) is 16.9 Å². The highest BCUT2D eigenvalue weighted by atomic mass is 16.3. The zero-order valence-electron chi connectivity index (χ0n) is 20.8. The van der Waals surface area contributed by atoms with Gasteiger partial charge in [-0.2, -0.15) is 5.10 Å². The molecule has 3 aromatic rings. The van der Waals surface area contributed by atoms with Gasteiger partial charge in [0.25, 0.3) is 5.91 Å². The third kappa shape index (κ3) is 4.40. The molecule has 1 N–H and O–H groups in total. The number of amides is 2. The predicted octanol–water partition coefficient (Wildman–Crippen LogP) is 5.52. The fourth-order valence-electron chi connectivity index (χ4n) is 5.30. The zero-order chi connectivity index (χ0) is 24.6. The predicted molar refractivity (Wildman–Crippen MR) is 135 cm³/mol. The molecule has 7 heteroatoms. The molecule has 2 amide bonds. The van der Waals surface area contributed by atoms with Crippen LogP contribution in [-0.4, -0.2) is 33.2 Å². The molecule has 5 rings (SSSR count). The highest BCUT2D eigenvalue weighted by Crippen LogP contribution is 2.35. The van der Waals surface area contributed by atoms with Gasteiger partial charge < -0.3 is 9.73 Å². The molecule has 0 unspecified atom stereocenters. The monoisotopic (exact) mass is 474 g/mol. The standard InChI is InChI=1S/C28H34N4O3/c1-19(2)20-12-14-22(15-13-20)32-26(33)24-17-23(25-11-8-16-35-25)30-31(24)18-28(32,3)27(34)29-21-9-6-4-5-7-10-21/h8,11-17,19,21H,4-7,9-10,18H2,1-3H3,(H,29,34)/t28-/m0/s1. The maximum Gasteiger partial charge on any atom is 0.277 e. The number of nitrogens with one attached hydrogen (secondary N) is 1. The van der Waals surface area contributed by atoms with Crippen molar-refractivity contribution in [3.8, 4) is 11.5 Å². The van der Waals surface area contributed by atoms with Gasteiger partial charge in [-0.15, -0.1) is 0 Å². The minimum absolute atomic E-state index is 0.133. The molecule has 35 heavy (non-hydrogen) atoms. The molecular formula is C28H34N4O3. The van der Waals surface area contributed by atoms with Crippen LogP contribution in [0.5, 0.6) is 0 Å². The van der Waals surface area contributed by atoms with Gasteiger partial charge in [0.05, 0.1) is 12.8 Å². The molecule has 0 saturated heterocycles. The molecule has 0 radical (unpaired) electrons. The van der Waals surface area contributed by atoms with Crippen LogP contribution in [0.4, 0.5) is 5.69 Å². The van der Waals surface area contributed by atoms with Crippen LogP contribution >= 0.6 is 0 Å². The number of hydrogen-bond donors (Lipinski definition) is 1. The summed E-state index contributed by atoms with van der Waals surface area (Å²) in [6, 6.07) is 13.5. The smallest absolute Gasteiger partial charge is 0.277 e. The molecule has 2 aliphatic rings. The first-order valence-corrected chi connectivity index (χ1v) is 12.7. The minimum atomic E-state index is -1.12. The minimum Gasteiger partial charge on any atom is -0.463 e. The molecule has 3 heterocycles. The first-order chi connectivity index (χ1) is 16.9. The lowest BCUT2D eigenvalue weighted by molar-refractivity contribution is -0.127. The Morgan fingerprint density at radius 2 is 1.83 bits per heavy atom. The van der Waals surface area contributed by atoms with Gasteiger partial charge in [-0.25, -0.2) is 0 Å². The van der Waals surface area contributed by atoms with Gasteiger partial charge in [-0.3, -0.25) is 19.2 Å². The lowest BCUT2D eigenvalue weighted by atomic mass is 9.92. The SMILES string of the molecule is CC(C)c1ccc(N2C(=O)c3cc(-c4ccco4)nn3C[C@@]2(C)C(=O)NC2CCCCCC2)cc1. The topological polar surface area (TPSA) is 80.4 Å². The molecule has 1 fully saturated rings. The van der Waals surface area contributed by atoms with Crippen LogP contribution in [0.1, 0.15) is 81.3 Å². The van der Waals surface area contributed by atoms with Crippen LogP contribution < -0.4 is 10.2 Å². The number of carbonyl (C=O) groups is 2. The first-order valence-electron chi connectivity index (χ1n) is 12.7. The fraction of sp³-hybridized carbons (Fsp3) is 0.464. The van der Waals surface area contributed by atoms with Crippen molar-refractivity contribution in [2.45, 2.75) is 83.3 Å². The summed E-state index contributed by atoms with van der Waals surface area (Å²) in [6.45, 7) is 6.39. The summed E-state index contributed by atoms with van der Waals surface area (Å²) < 4.78 is 7.17. The van der Waals surface area contributed by atoms with E-state index in [1.807, 2.05) is 37.3 Å². The van der Waals surface area contributed by atoms with Gasteiger partial charge in [-0.1, -0.05) is 51.7 Å². The number of hydrogen-bond acceptors (Lipinski definition) is 4. The van der Waals surface area contributed by atoms with Gasteiger partial charge in [0.15, 0.2) is 5.76 Å². The Morgan fingerprint density at radius 3 is 2.46 bits per heavy atom. The summed E-state index contributed by atoms with van der Waals surface area (Å²) >= 11 is 0. The number of carbonyl (C=O) groups excluding carboxylic acids is 2. The van der Waals surface area contributed by atoms with Crippen molar-refractivity contribution in [1.29, 1.82) is 0 Å². The second-order valence-corrected chi connectivity index (χ2v) is 10.4.